The molecule has 0 spiro atoms. The van der Waals surface area contributed by atoms with Gasteiger partial charge in [-0.05, 0) is 103 Å². The van der Waals surface area contributed by atoms with Gasteiger partial charge in [0.1, 0.15) is 12.7 Å². The van der Waals surface area contributed by atoms with Gasteiger partial charge in [-0.2, -0.15) is 0 Å². The first-order valence-corrected chi connectivity index (χ1v) is 33.0. The lowest BCUT2D eigenvalue weighted by atomic mass is 10.1. The van der Waals surface area contributed by atoms with Gasteiger partial charge in [0, 0.05) is 19.3 Å². The van der Waals surface area contributed by atoms with Crippen LogP contribution in [0.3, 0.4) is 0 Å². The van der Waals surface area contributed by atoms with E-state index in [4.69, 9.17) is 23.3 Å². The van der Waals surface area contributed by atoms with Gasteiger partial charge in [-0.3, -0.25) is 23.4 Å². The molecule has 0 aliphatic carbocycles. The van der Waals surface area contributed by atoms with Crippen molar-refractivity contribution in [2.75, 3.05) is 26.4 Å². The summed E-state index contributed by atoms with van der Waals surface area (Å²) in [5.41, 5.74) is 0. The van der Waals surface area contributed by atoms with Crippen molar-refractivity contribution in [1.82, 2.24) is 0 Å². The largest absolute Gasteiger partial charge is 0.472 e. The Morgan fingerprint density at radius 2 is 0.692 bits per heavy atom. The standard InChI is InChI=1S/C66H115O11P/c1-4-7-10-13-16-19-22-25-27-29-31-33-35-38-40-43-46-49-52-55-64(68)73-59-63(77-66(70)57-54-51-48-45-42-39-36-34-32-30-28-26-23-20-17-14-11-8-5-2)61-75-78(71,72)74-60-62(58-67)76-65(69)56-53-50-47-44-41-37-24-21-18-15-12-9-6-3/h9,12,16,18-19,21,25-28,37,41,47,50,62-63,67H,4-8,10-11,13-15,17,20,22-24,29-36,38-40,42-46,48-49,51-61H2,1-3H3,(H,71,72)/b12-9-,19-16-,21-18-,27-25-,28-26-,41-37-,50-47-. The molecule has 0 aliphatic rings. The Kier molecular flexibility index (Phi) is 57.2. The molecule has 0 radical (unpaired) electrons. The minimum absolute atomic E-state index is 0.0540. The van der Waals surface area contributed by atoms with E-state index in [-0.39, 0.29) is 25.9 Å². The molecular formula is C66H115O11P. The third kappa shape index (κ3) is 57.3. The summed E-state index contributed by atoms with van der Waals surface area (Å²) in [6, 6.07) is 0. The summed E-state index contributed by atoms with van der Waals surface area (Å²) in [4.78, 5) is 48.7. The number of hydrogen-bond donors (Lipinski definition) is 2. The van der Waals surface area contributed by atoms with Crippen molar-refractivity contribution in [1.29, 1.82) is 0 Å². The van der Waals surface area contributed by atoms with Crippen LogP contribution in [0.2, 0.25) is 0 Å². The van der Waals surface area contributed by atoms with Crippen LogP contribution in [0.25, 0.3) is 0 Å². The van der Waals surface area contributed by atoms with Gasteiger partial charge < -0.3 is 24.2 Å². The fourth-order valence-electron chi connectivity index (χ4n) is 8.51. The van der Waals surface area contributed by atoms with E-state index in [9.17, 15) is 28.9 Å². The highest BCUT2D eigenvalue weighted by molar-refractivity contribution is 7.47. The number of aliphatic hydroxyl groups excluding tert-OH is 1. The minimum Gasteiger partial charge on any atom is -0.462 e. The van der Waals surface area contributed by atoms with E-state index in [2.05, 4.69) is 93.7 Å². The first-order valence-electron chi connectivity index (χ1n) is 31.5. The lowest BCUT2D eigenvalue weighted by molar-refractivity contribution is -0.161. The average Bonchev–Trinajstić information content (AvgIpc) is 3.43. The Balaban J connectivity index is 4.75. The second-order valence-corrected chi connectivity index (χ2v) is 22.3. The van der Waals surface area contributed by atoms with Crippen molar-refractivity contribution in [3.8, 4) is 0 Å². The zero-order valence-corrected chi connectivity index (χ0v) is 50.8. The third-order valence-corrected chi connectivity index (χ3v) is 14.2. The van der Waals surface area contributed by atoms with Gasteiger partial charge in [0.2, 0.25) is 0 Å². The van der Waals surface area contributed by atoms with Crippen LogP contribution in [-0.4, -0.2) is 66.5 Å². The van der Waals surface area contributed by atoms with Gasteiger partial charge in [0.25, 0.3) is 0 Å². The molecule has 3 unspecified atom stereocenters. The zero-order valence-electron chi connectivity index (χ0n) is 49.9. The molecule has 0 aliphatic heterocycles. The highest BCUT2D eigenvalue weighted by Gasteiger charge is 2.28. The first-order chi connectivity index (χ1) is 38.2. The number of aliphatic hydroxyl groups is 1. The van der Waals surface area contributed by atoms with Crippen LogP contribution < -0.4 is 0 Å². The molecule has 78 heavy (non-hydrogen) atoms. The number of ether oxygens (including phenoxy) is 3. The molecule has 11 nitrogen and oxygen atoms in total. The van der Waals surface area contributed by atoms with E-state index in [1.165, 1.54) is 141 Å². The Morgan fingerprint density at radius 3 is 1.14 bits per heavy atom. The molecule has 0 aromatic carbocycles. The highest BCUT2D eigenvalue weighted by atomic mass is 31.2. The SMILES string of the molecule is CC/C=C\C/C=C\C/C=C\C/C=C\CCC(=O)OC(CO)COP(=O)(O)OCC(COC(=O)CCCCCCCCCCC/C=C\C/C=C\CCCCC)OC(=O)CCCCCCCCCCC/C=C\CCCCCCCC. The number of hydrogen-bond acceptors (Lipinski definition) is 10. The van der Waals surface area contributed by atoms with Gasteiger partial charge in [0.05, 0.1) is 19.8 Å². The van der Waals surface area contributed by atoms with Crippen molar-refractivity contribution in [3.05, 3.63) is 85.1 Å². The molecule has 0 saturated carbocycles. The van der Waals surface area contributed by atoms with Crippen molar-refractivity contribution >= 4 is 25.7 Å². The van der Waals surface area contributed by atoms with E-state index in [1.807, 2.05) is 12.2 Å². The molecule has 3 atom stereocenters. The average molecular weight is 1120 g/mol. The second kappa shape index (κ2) is 59.8. The summed E-state index contributed by atoms with van der Waals surface area (Å²) in [6.45, 7) is 4.44. The molecule has 0 heterocycles. The van der Waals surface area contributed by atoms with E-state index >= 15 is 0 Å². The quantitative estimate of drug-likeness (QED) is 0.0197. The summed E-state index contributed by atoms with van der Waals surface area (Å²) in [5, 5.41) is 9.81. The molecule has 0 fully saturated rings. The second-order valence-electron chi connectivity index (χ2n) is 20.8. The summed E-state index contributed by atoms with van der Waals surface area (Å²) in [6.07, 6.45) is 69.8. The summed E-state index contributed by atoms with van der Waals surface area (Å²) < 4.78 is 39.6. The van der Waals surface area contributed by atoms with Crippen molar-refractivity contribution in [2.45, 2.75) is 290 Å². The van der Waals surface area contributed by atoms with Crippen LogP contribution in [0.1, 0.15) is 278 Å². The van der Waals surface area contributed by atoms with Crippen molar-refractivity contribution in [3.63, 3.8) is 0 Å². The molecule has 0 aromatic heterocycles. The first kappa shape index (κ1) is 74.7. The van der Waals surface area contributed by atoms with Crippen LogP contribution in [0.4, 0.5) is 0 Å². The highest BCUT2D eigenvalue weighted by Crippen LogP contribution is 2.43. The number of allylic oxidation sites excluding steroid dienone is 14. The maximum absolute atomic E-state index is 13.0. The minimum atomic E-state index is -4.77. The molecule has 450 valence electrons. The Morgan fingerprint density at radius 1 is 0.372 bits per heavy atom. The van der Waals surface area contributed by atoms with E-state index in [0.717, 1.165) is 77.0 Å². The molecule has 0 saturated heterocycles. The zero-order chi connectivity index (χ0) is 56.9. The number of unbranched alkanes of at least 4 members (excludes halogenated alkanes) is 27. The van der Waals surface area contributed by atoms with Gasteiger partial charge in [-0.1, -0.05) is 241 Å². The molecule has 0 aromatic rings. The molecule has 12 heteroatoms. The molecule has 0 bridgehead atoms. The fraction of sp³-hybridized carbons (Fsp3) is 0.742. The van der Waals surface area contributed by atoms with Crippen LogP contribution in [-0.2, 0) is 42.2 Å². The number of carbonyl (C=O) groups is 3. The number of carbonyl (C=O) groups excluding carboxylic acids is 3. The lowest BCUT2D eigenvalue weighted by Gasteiger charge is -2.21. The lowest BCUT2D eigenvalue weighted by Crippen LogP contribution is -2.30. The molecular weight excluding hydrogens is 1000 g/mol. The molecule has 0 rings (SSSR count). The third-order valence-electron chi connectivity index (χ3n) is 13.3. The van der Waals surface area contributed by atoms with Crippen molar-refractivity contribution < 1.29 is 52.2 Å². The maximum atomic E-state index is 13.0. The topological polar surface area (TPSA) is 155 Å². The van der Waals surface area contributed by atoms with Gasteiger partial charge in [0.15, 0.2) is 6.10 Å². The smallest absolute Gasteiger partial charge is 0.462 e. The Hall–Kier alpha value is -3.34. The van der Waals surface area contributed by atoms with Crippen LogP contribution in [0.15, 0.2) is 85.1 Å². The Labute approximate surface area is 477 Å². The predicted molar refractivity (Wildman–Crippen MR) is 325 cm³/mol. The summed E-state index contributed by atoms with van der Waals surface area (Å²) in [7, 11) is -4.77. The van der Waals surface area contributed by atoms with Crippen LogP contribution in [0, 0.1) is 0 Å². The monoisotopic (exact) mass is 1110 g/mol. The summed E-state index contributed by atoms with van der Waals surface area (Å²) >= 11 is 0. The van der Waals surface area contributed by atoms with Crippen LogP contribution in [0.5, 0.6) is 0 Å². The van der Waals surface area contributed by atoms with Crippen molar-refractivity contribution in [2.24, 2.45) is 0 Å². The Bertz CT molecular complexity index is 1630. The van der Waals surface area contributed by atoms with Gasteiger partial charge in [-0.15, -0.1) is 0 Å². The van der Waals surface area contributed by atoms with Gasteiger partial charge in [-0.25, -0.2) is 4.57 Å². The molecule has 2 N–H and O–H groups in total. The molecule has 0 amide bonds. The van der Waals surface area contributed by atoms with Crippen LogP contribution >= 0.6 is 7.82 Å². The normalized spacial score (nSPS) is 13.9. The number of esters is 3. The predicted octanol–water partition coefficient (Wildman–Crippen LogP) is 19.0. The van der Waals surface area contributed by atoms with E-state index < -0.39 is 57.8 Å². The number of phosphoric acid groups is 1. The van der Waals surface area contributed by atoms with E-state index in [1.54, 1.807) is 0 Å². The summed E-state index contributed by atoms with van der Waals surface area (Å²) in [5.74, 6) is -1.55. The van der Waals surface area contributed by atoms with Gasteiger partial charge >= 0.3 is 25.7 Å². The fourth-order valence-corrected chi connectivity index (χ4v) is 9.30. The number of phosphoric ester groups is 1. The maximum Gasteiger partial charge on any atom is 0.472 e. The van der Waals surface area contributed by atoms with E-state index in [0.29, 0.717) is 19.3 Å². The number of rotatable bonds is 58.